The summed E-state index contributed by atoms with van der Waals surface area (Å²) in [5.41, 5.74) is 2.91. The summed E-state index contributed by atoms with van der Waals surface area (Å²) in [7, 11) is 0. The minimum atomic E-state index is -0.959. The summed E-state index contributed by atoms with van der Waals surface area (Å²) in [6.07, 6.45) is 0.686. The maximum Gasteiger partial charge on any atom is 0.315 e. The lowest BCUT2D eigenvalue weighted by Gasteiger charge is -2.11. The van der Waals surface area contributed by atoms with E-state index in [4.69, 9.17) is 20.1 Å². The lowest BCUT2D eigenvalue weighted by molar-refractivity contribution is -0.136. The molecule has 0 bridgehead atoms. The molecule has 0 heterocycles. The van der Waals surface area contributed by atoms with Gasteiger partial charge in [-0.3, -0.25) is 9.59 Å². The van der Waals surface area contributed by atoms with Crippen LogP contribution in [0.15, 0.2) is 42.5 Å². The predicted molar refractivity (Wildman–Crippen MR) is 95.1 cm³/mol. The lowest BCUT2D eigenvalue weighted by Crippen LogP contribution is -2.14. The molecule has 0 radical (unpaired) electrons. The molecule has 26 heavy (non-hydrogen) atoms. The maximum atomic E-state index is 12.2. The Bertz CT molecular complexity index is 769. The molecular weight excluding hydrogens is 336 g/mol. The van der Waals surface area contributed by atoms with Gasteiger partial charge in [-0.25, -0.2) is 0 Å². The highest BCUT2D eigenvalue weighted by Crippen LogP contribution is 2.20. The van der Waals surface area contributed by atoms with Crippen LogP contribution in [0.25, 0.3) is 0 Å². The third-order valence-electron chi connectivity index (χ3n) is 3.97. The van der Waals surface area contributed by atoms with Crippen LogP contribution in [-0.4, -0.2) is 40.5 Å². The number of carboxylic acid groups (broad SMARTS) is 1. The Morgan fingerprint density at radius 2 is 1.42 bits per heavy atom. The Labute approximate surface area is 151 Å². The first-order valence-electron chi connectivity index (χ1n) is 8.36. The Hall–Kier alpha value is -2.70. The van der Waals surface area contributed by atoms with Crippen LogP contribution in [0.4, 0.5) is 0 Å². The number of hydrogen-bond acceptors (Lipinski definition) is 5. The zero-order valence-electron chi connectivity index (χ0n) is 14.4. The van der Waals surface area contributed by atoms with Crippen LogP contribution in [-0.2, 0) is 35.3 Å². The molecule has 6 nitrogen and oxygen atoms in total. The summed E-state index contributed by atoms with van der Waals surface area (Å²) in [5, 5.41) is 27.2. The largest absolute Gasteiger partial charge is 0.481 e. The third-order valence-corrected chi connectivity index (χ3v) is 3.97. The highest BCUT2D eigenvalue weighted by atomic mass is 16.5. The summed E-state index contributed by atoms with van der Waals surface area (Å²) in [4.78, 5) is 23.2. The molecule has 138 valence electrons. The van der Waals surface area contributed by atoms with Crippen molar-refractivity contribution in [2.45, 2.75) is 25.7 Å². The number of carbonyl (C=O) groups excluding carboxylic acids is 1. The number of ether oxygens (including phenoxy) is 1. The van der Waals surface area contributed by atoms with Gasteiger partial charge >= 0.3 is 11.9 Å². The van der Waals surface area contributed by atoms with E-state index in [9.17, 15) is 9.59 Å². The molecule has 0 fully saturated rings. The van der Waals surface area contributed by atoms with Gasteiger partial charge in [-0.2, -0.15) is 0 Å². The Morgan fingerprint density at radius 3 is 2.04 bits per heavy atom. The van der Waals surface area contributed by atoms with Crippen molar-refractivity contribution in [1.29, 1.82) is 0 Å². The standard InChI is InChI=1S/C20H22O6/c21-9-7-14-5-6-18(11-17(14)8-10-22)26-20(25)13-16-4-2-1-3-15(16)12-19(23)24/h1-6,11,21-22H,7-10,12-13H2,(H,23,24). The molecule has 0 spiro atoms. The van der Waals surface area contributed by atoms with Crippen molar-refractivity contribution in [3.05, 3.63) is 64.7 Å². The molecular formula is C20H22O6. The van der Waals surface area contributed by atoms with Crippen LogP contribution in [0.1, 0.15) is 22.3 Å². The first-order valence-corrected chi connectivity index (χ1v) is 8.36. The number of esters is 1. The van der Waals surface area contributed by atoms with Crippen LogP contribution >= 0.6 is 0 Å². The molecule has 2 aromatic rings. The van der Waals surface area contributed by atoms with E-state index >= 15 is 0 Å². The highest BCUT2D eigenvalue weighted by molar-refractivity contribution is 5.77. The van der Waals surface area contributed by atoms with Gasteiger partial charge in [0.25, 0.3) is 0 Å². The molecule has 0 aliphatic rings. The van der Waals surface area contributed by atoms with E-state index in [1.807, 2.05) is 0 Å². The van der Waals surface area contributed by atoms with Crippen molar-refractivity contribution >= 4 is 11.9 Å². The van der Waals surface area contributed by atoms with Gasteiger partial charge in [0, 0.05) is 13.2 Å². The highest BCUT2D eigenvalue weighted by Gasteiger charge is 2.13. The lowest BCUT2D eigenvalue weighted by atomic mass is 10.0. The zero-order chi connectivity index (χ0) is 18.9. The van der Waals surface area contributed by atoms with Crippen molar-refractivity contribution in [2.75, 3.05) is 13.2 Å². The fraction of sp³-hybridized carbons (Fsp3) is 0.300. The fourth-order valence-electron chi connectivity index (χ4n) is 2.77. The second-order valence-corrected chi connectivity index (χ2v) is 5.87. The first-order chi connectivity index (χ1) is 12.5. The minimum Gasteiger partial charge on any atom is -0.481 e. The van der Waals surface area contributed by atoms with E-state index < -0.39 is 11.9 Å². The van der Waals surface area contributed by atoms with Crippen LogP contribution in [0.2, 0.25) is 0 Å². The Balaban J connectivity index is 2.10. The maximum absolute atomic E-state index is 12.2. The van der Waals surface area contributed by atoms with Gasteiger partial charge in [0.2, 0.25) is 0 Å². The number of carbonyl (C=O) groups is 2. The summed E-state index contributed by atoms with van der Waals surface area (Å²) >= 11 is 0. The third kappa shape index (κ3) is 5.68. The van der Waals surface area contributed by atoms with Gasteiger partial charge in [0.05, 0.1) is 12.8 Å². The molecule has 3 N–H and O–H groups in total. The first kappa shape index (κ1) is 19.6. The SMILES string of the molecule is O=C(O)Cc1ccccc1CC(=O)Oc1ccc(CCO)c(CCO)c1. The van der Waals surface area contributed by atoms with Gasteiger partial charge in [0.15, 0.2) is 0 Å². The number of hydrogen-bond donors (Lipinski definition) is 3. The second kappa shape index (κ2) is 9.70. The molecule has 6 heteroatoms. The van der Waals surface area contributed by atoms with E-state index in [-0.39, 0.29) is 26.1 Å². The van der Waals surface area contributed by atoms with E-state index in [2.05, 4.69) is 0 Å². The van der Waals surface area contributed by atoms with E-state index in [1.165, 1.54) is 0 Å². The number of benzene rings is 2. The van der Waals surface area contributed by atoms with Crippen molar-refractivity contribution in [2.24, 2.45) is 0 Å². The molecule has 2 aromatic carbocycles. The number of aliphatic hydroxyl groups excluding tert-OH is 2. The second-order valence-electron chi connectivity index (χ2n) is 5.87. The van der Waals surface area contributed by atoms with Gasteiger partial charge in [-0.1, -0.05) is 30.3 Å². The van der Waals surface area contributed by atoms with Crippen molar-refractivity contribution in [3.63, 3.8) is 0 Å². The van der Waals surface area contributed by atoms with Crippen LogP contribution in [0.3, 0.4) is 0 Å². The van der Waals surface area contributed by atoms with E-state index in [0.717, 1.165) is 11.1 Å². The van der Waals surface area contributed by atoms with Crippen LogP contribution < -0.4 is 4.74 Å². The molecule has 0 saturated carbocycles. The molecule has 0 aliphatic carbocycles. The summed E-state index contributed by atoms with van der Waals surface area (Å²) in [5.74, 6) is -1.09. The normalized spacial score (nSPS) is 10.5. The quantitative estimate of drug-likeness (QED) is 0.464. The molecule has 0 unspecified atom stereocenters. The molecule has 0 aromatic heterocycles. The van der Waals surface area contributed by atoms with Gasteiger partial charge in [-0.15, -0.1) is 0 Å². The number of carboxylic acids is 1. The zero-order valence-corrected chi connectivity index (χ0v) is 14.4. The Kier molecular flexibility index (Phi) is 7.32. The summed E-state index contributed by atoms with van der Waals surface area (Å²) < 4.78 is 5.37. The smallest absolute Gasteiger partial charge is 0.315 e. The van der Waals surface area contributed by atoms with Crippen molar-refractivity contribution < 1.29 is 29.6 Å². The topological polar surface area (TPSA) is 104 Å². The monoisotopic (exact) mass is 358 g/mol. The van der Waals surface area contributed by atoms with E-state index in [0.29, 0.717) is 29.7 Å². The predicted octanol–water partition coefficient (Wildman–Crippen LogP) is 1.53. The fourth-order valence-corrected chi connectivity index (χ4v) is 2.77. The van der Waals surface area contributed by atoms with E-state index in [1.54, 1.807) is 42.5 Å². The Morgan fingerprint density at radius 1 is 0.808 bits per heavy atom. The molecule has 0 aliphatic heterocycles. The summed E-state index contributed by atoms with van der Waals surface area (Å²) in [6.45, 7) is -0.0453. The molecule has 0 saturated heterocycles. The number of aliphatic hydroxyl groups is 2. The average molecular weight is 358 g/mol. The van der Waals surface area contributed by atoms with Gasteiger partial charge in [-0.05, 0) is 47.2 Å². The van der Waals surface area contributed by atoms with Crippen LogP contribution in [0, 0.1) is 0 Å². The molecule has 0 amide bonds. The summed E-state index contributed by atoms with van der Waals surface area (Å²) in [6, 6.07) is 12.0. The van der Waals surface area contributed by atoms with Crippen molar-refractivity contribution in [1.82, 2.24) is 0 Å². The minimum absolute atomic E-state index is 0.00206. The molecule has 0 atom stereocenters. The van der Waals surface area contributed by atoms with Crippen molar-refractivity contribution in [3.8, 4) is 5.75 Å². The average Bonchev–Trinajstić information content (AvgIpc) is 2.59. The number of aliphatic carboxylic acids is 1. The number of rotatable bonds is 9. The van der Waals surface area contributed by atoms with Crippen LogP contribution in [0.5, 0.6) is 5.75 Å². The molecule has 2 rings (SSSR count). The van der Waals surface area contributed by atoms with Gasteiger partial charge in [0.1, 0.15) is 5.75 Å². The van der Waals surface area contributed by atoms with Gasteiger partial charge < -0.3 is 20.1 Å².